The van der Waals surface area contributed by atoms with Crippen LogP contribution < -0.4 is 14.8 Å². The third kappa shape index (κ3) is 5.92. The normalized spacial score (nSPS) is 11.9. The number of aliphatic hydroxyl groups is 1. The number of anilines is 1. The summed E-state index contributed by atoms with van der Waals surface area (Å²) in [6.07, 6.45) is -0.808. The van der Waals surface area contributed by atoms with Crippen LogP contribution in [0.5, 0.6) is 5.88 Å². The highest BCUT2D eigenvalue weighted by molar-refractivity contribution is 7.92. The lowest BCUT2D eigenvalue weighted by Gasteiger charge is -2.19. The van der Waals surface area contributed by atoms with Gasteiger partial charge in [0, 0.05) is 23.1 Å². The number of halogens is 1. The van der Waals surface area contributed by atoms with Gasteiger partial charge in [-0.1, -0.05) is 45.0 Å². The van der Waals surface area contributed by atoms with Gasteiger partial charge in [0.2, 0.25) is 5.88 Å². The summed E-state index contributed by atoms with van der Waals surface area (Å²) in [6, 6.07) is 17.2. The third-order valence-corrected chi connectivity index (χ3v) is 7.13. The van der Waals surface area contributed by atoms with Crippen LogP contribution in [0.4, 0.5) is 14.9 Å². The number of hydrogen-bond donors (Lipinski definition) is 4. The number of fused-ring (bicyclic) bond motifs is 1. The first-order valence-corrected chi connectivity index (χ1v) is 13.1. The molecule has 0 saturated carbocycles. The number of ether oxygens (including phenoxy) is 1. The molecule has 0 aliphatic heterocycles. The second-order valence-corrected chi connectivity index (χ2v) is 11.2. The van der Waals surface area contributed by atoms with E-state index in [1.54, 1.807) is 48.5 Å². The molecule has 1 aromatic heterocycles. The van der Waals surface area contributed by atoms with Crippen molar-refractivity contribution in [2.24, 2.45) is 0 Å². The van der Waals surface area contributed by atoms with Crippen molar-refractivity contribution in [3.8, 4) is 17.0 Å². The minimum atomic E-state index is -3.89. The number of hydrogen-bond acceptors (Lipinski definition) is 5. The zero-order chi connectivity index (χ0) is 26.8. The Balaban J connectivity index is 1.73. The molecule has 10 heteroatoms. The van der Waals surface area contributed by atoms with Crippen molar-refractivity contribution in [2.45, 2.75) is 31.1 Å². The number of sulfonamides is 1. The minimum Gasteiger partial charge on any atom is -0.395 e. The van der Waals surface area contributed by atoms with E-state index in [1.165, 1.54) is 18.2 Å². The van der Waals surface area contributed by atoms with Gasteiger partial charge in [-0.25, -0.2) is 17.6 Å². The van der Waals surface area contributed by atoms with Crippen molar-refractivity contribution in [2.75, 3.05) is 17.9 Å². The number of nitrogens with one attached hydrogen (secondary N) is 3. The van der Waals surface area contributed by atoms with E-state index in [0.29, 0.717) is 22.0 Å². The fourth-order valence-electron chi connectivity index (χ4n) is 3.87. The van der Waals surface area contributed by atoms with Crippen molar-refractivity contribution >= 4 is 32.7 Å². The average Bonchev–Trinajstić information content (AvgIpc) is 3.19. The lowest BCUT2D eigenvalue weighted by Crippen LogP contribution is -2.29. The summed E-state index contributed by atoms with van der Waals surface area (Å²) in [7, 11) is -3.89. The Morgan fingerprint density at radius 2 is 1.78 bits per heavy atom. The number of benzene rings is 3. The van der Waals surface area contributed by atoms with Gasteiger partial charge in [0.25, 0.3) is 10.0 Å². The Hall–Kier alpha value is -3.89. The number of rotatable bonds is 7. The molecule has 0 saturated heterocycles. The van der Waals surface area contributed by atoms with Gasteiger partial charge in [-0.3, -0.25) is 4.72 Å². The maximum absolute atomic E-state index is 14.1. The monoisotopic (exact) mass is 525 g/mol. The van der Waals surface area contributed by atoms with E-state index in [2.05, 4.69) is 15.0 Å². The van der Waals surface area contributed by atoms with E-state index in [1.807, 2.05) is 20.8 Å². The van der Waals surface area contributed by atoms with Gasteiger partial charge in [-0.05, 0) is 59.0 Å². The molecule has 3 aromatic carbocycles. The number of aromatic nitrogens is 1. The molecule has 4 N–H and O–H groups in total. The molecule has 0 fully saturated rings. The van der Waals surface area contributed by atoms with Gasteiger partial charge in [0.1, 0.15) is 5.82 Å². The quantitative estimate of drug-likeness (QED) is 0.266. The molecule has 37 heavy (non-hydrogen) atoms. The van der Waals surface area contributed by atoms with Crippen LogP contribution in [-0.4, -0.2) is 37.8 Å². The molecule has 0 aliphatic carbocycles. The molecule has 4 aromatic rings. The smallest absolute Gasteiger partial charge is 0.395 e. The van der Waals surface area contributed by atoms with Gasteiger partial charge in [0.15, 0.2) is 0 Å². The van der Waals surface area contributed by atoms with E-state index in [0.717, 1.165) is 5.56 Å². The summed E-state index contributed by atoms with van der Waals surface area (Å²) < 4.78 is 48.2. The molecule has 1 amide bonds. The Morgan fingerprint density at radius 3 is 2.43 bits per heavy atom. The van der Waals surface area contributed by atoms with E-state index >= 15 is 0 Å². The van der Waals surface area contributed by atoms with Crippen LogP contribution >= 0.6 is 0 Å². The van der Waals surface area contributed by atoms with Crippen LogP contribution in [0.1, 0.15) is 26.3 Å². The highest BCUT2D eigenvalue weighted by atomic mass is 32.2. The first-order valence-electron chi connectivity index (χ1n) is 11.6. The highest BCUT2D eigenvalue weighted by Crippen LogP contribution is 2.39. The van der Waals surface area contributed by atoms with E-state index in [4.69, 9.17) is 9.84 Å². The zero-order valence-corrected chi connectivity index (χ0v) is 21.4. The predicted octanol–water partition coefficient (Wildman–Crippen LogP) is 5.15. The summed E-state index contributed by atoms with van der Waals surface area (Å²) >= 11 is 0. The van der Waals surface area contributed by atoms with Gasteiger partial charge >= 0.3 is 6.09 Å². The SMILES string of the molecule is CC(C)(C)c1ccc(S(=O)(=O)Nc2ccc3[nH]c(OC(=O)NCCO)c(-c4cccc(F)c4)c3c2)cc1. The fraction of sp³-hybridized carbons (Fsp3) is 0.222. The summed E-state index contributed by atoms with van der Waals surface area (Å²) in [5, 5.41) is 11.8. The van der Waals surface area contributed by atoms with Crippen molar-refractivity contribution < 1.29 is 27.4 Å². The predicted molar refractivity (Wildman–Crippen MR) is 141 cm³/mol. The van der Waals surface area contributed by atoms with E-state index in [9.17, 15) is 17.6 Å². The Morgan fingerprint density at radius 1 is 1.05 bits per heavy atom. The summed E-state index contributed by atoms with van der Waals surface area (Å²) in [5.41, 5.74) is 2.52. The largest absolute Gasteiger partial charge is 0.413 e. The Labute approximate surface area is 214 Å². The van der Waals surface area contributed by atoms with E-state index in [-0.39, 0.29) is 35.0 Å². The minimum absolute atomic E-state index is 0.00296. The Kier molecular flexibility index (Phi) is 7.24. The molecule has 8 nitrogen and oxygen atoms in total. The van der Waals surface area contributed by atoms with Crippen molar-refractivity contribution in [1.82, 2.24) is 10.3 Å². The van der Waals surface area contributed by atoms with Crippen LogP contribution in [0.3, 0.4) is 0 Å². The maximum Gasteiger partial charge on any atom is 0.413 e. The third-order valence-electron chi connectivity index (χ3n) is 5.74. The molecule has 0 bridgehead atoms. The topological polar surface area (TPSA) is 121 Å². The number of carbonyl (C=O) groups is 1. The second-order valence-electron chi connectivity index (χ2n) is 9.52. The number of aromatic amines is 1. The summed E-state index contributed by atoms with van der Waals surface area (Å²) in [5.74, 6) is -0.438. The number of aliphatic hydroxyl groups excluding tert-OH is 1. The fourth-order valence-corrected chi connectivity index (χ4v) is 4.92. The number of amides is 1. The standard InChI is InChI=1S/C27H28FN3O5S/c1-27(2,3)18-7-10-21(11-8-18)37(34,35)31-20-9-12-23-22(16-20)24(17-5-4-6-19(28)15-17)25(30-23)36-26(33)29-13-14-32/h4-12,15-16,30-32H,13-14H2,1-3H3,(H,29,33). The Bertz CT molecular complexity index is 1540. The first-order chi connectivity index (χ1) is 17.5. The molecule has 4 rings (SSSR count). The average molecular weight is 526 g/mol. The molecule has 0 unspecified atom stereocenters. The highest BCUT2D eigenvalue weighted by Gasteiger charge is 2.21. The molecule has 0 aliphatic rings. The number of H-pyrrole nitrogens is 1. The summed E-state index contributed by atoms with van der Waals surface area (Å²) in [6.45, 7) is 5.87. The lowest BCUT2D eigenvalue weighted by atomic mass is 9.87. The molecule has 194 valence electrons. The van der Waals surface area contributed by atoms with Gasteiger partial charge in [-0.15, -0.1) is 0 Å². The van der Waals surface area contributed by atoms with Crippen LogP contribution in [-0.2, 0) is 15.4 Å². The molecular formula is C27H28FN3O5S. The number of carbonyl (C=O) groups excluding carboxylic acids is 1. The van der Waals surface area contributed by atoms with Crippen molar-refractivity contribution in [1.29, 1.82) is 0 Å². The van der Waals surface area contributed by atoms with Gasteiger partial charge < -0.3 is 20.1 Å². The molecule has 0 atom stereocenters. The van der Waals surface area contributed by atoms with Crippen molar-refractivity contribution in [3.05, 3.63) is 78.1 Å². The molecule has 0 radical (unpaired) electrons. The molecule has 1 heterocycles. The van der Waals surface area contributed by atoms with Gasteiger partial charge in [0.05, 0.1) is 17.1 Å². The maximum atomic E-state index is 14.1. The molecular weight excluding hydrogens is 497 g/mol. The van der Waals surface area contributed by atoms with E-state index < -0.39 is 21.9 Å². The summed E-state index contributed by atoms with van der Waals surface area (Å²) in [4.78, 5) is 15.3. The second kappa shape index (κ2) is 10.2. The van der Waals surface area contributed by atoms with Gasteiger partial charge in [-0.2, -0.15) is 0 Å². The first kappa shape index (κ1) is 26.2. The van der Waals surface area contributed by atoms with Crippen LogP contribution in [0.2, 0.25) is 0 Å². The van der Waals surface area contributed by atoms with Crippen LogP contribution in [0.15, 0.2) is 71.6 Å². The van der Waals surface area contributed by atoms with Crippen LogP contribution in [0, 0.1) is 5.82 Å². The lowest BCUT2D eigenvalue weighted by molar-refractivity contribution is 0.194. The zero-order valence-electron chi connectivity index (χ0n) is 20.6. The van der Waals surface area contributed by atoms with Crippen molar-refractivity contribution in [3.63, 3.8) is 0 Å². The van der Waals surface area contributed by atoms with Crippen LogP contribution in [0.25, 0.3) is 22.0 Å². The molecule has 0 spiro atoms.